The highest BCUT2D eigenvalue weighted by Crippen LogP contribution is 2.37. The molecule has 1 saturated heterocycles. The van der Waals surface area contributed by atoms with E-state index in [1.165, 1.54) is 0 Å². The van der Waals surface area contributed by atoms with E-state index in [0.29, 0.717) is 17.1 Å². The van der Waals surface area contributed by atoms with Gasteiger partial charge in [-0.05, 0) is 52.3 Å². The molecule has 1 fully saturated rings. The summed E-state index contributed by atoms with van der Waals surface area (Å²) in [5, 5.41) is 2.71. The van der Waals surface area contributed by atoms with Gasteiger partial charge in [-0.2, -0.15) is 0 Å². The van der Waals surface area contributed by atoms with E-state index in [-0.39, 0.29) is 31.3 Å². The van der Waals surface area contributed by atoms with Crippen molar-refractivity contribution in [3.8, 4) is 11.5 Å². The Morgan fingerprint density at radius 2 is 1.81 bits per heavy atom. The molecule has 0 aromatic heterocycles. The number of nitrogens with one attached hydrogen (secondary N) is 1. The molecule has 0 saturated carbocycles. The first kappa shape index (κ1) is 19.0. The summed E-state index contributed by atoms with van der Waals surface area (Å²) in [6.45, 7) is 9.07. The van der Waals surface area contributed by atoms with Crippen LogP contribution in [0.15, 0.2) is 18.2 Å². The molecular weight excluding hydrogens is 350 g/mol. The van der Waals surface area contributed by atoms with E-state index in [4.69, 9.17) is 9.47 Å². The van der Waals surface area contributed by atoms with Crippen LogP contribution < -0.4 is 14.8 Å². The summed E-state index contributed by atoms with van der Waals surface area (Å²) in [6, 6.07) is 4.46. The fourth-order valence-corrected chi connectivity index (χ4v) is 3.63. The molecule has 8 heteroatoms. The van der Waals surface area contributed by atoms with Crippen LogP contribution in [0.25, 0.3) is 0 Å². The summed E-state index contributed by atoms with van der Waals surface area (Å²) >= 11 is 0. The summed E-state index contributed by atoms with van der Waals surface area (Å²) in [4.78, 5) is 40.8. The molecule has 2 aliphatic rings. The molecule has 4 amide bonds. The standard InChI is InChI=1S/C19H25N3O5/c1-11(2)22(12(3)4)16(23)9-21-17(24)19(5,20-18(21)25)13-6-7-14-15(8-13)27-10-26-14/h6-8,11-12H,9-10H2,1-5H3,(H,20,25)/t19-/m0/s1. The van der Waals surface area contributed by atoms with Gasteiger partial charge >= 0.3 is 6.03 Å². The van der Waals surface area contributed by atoms with E-state index in [1.807, 2.05) is 27.7 Å². The molecule has 0 aliphatic carbocycles. The molecule has 1 atom stereocenters. The average molecular weight is 375 g/mol. The van der Waals surface area contributed by atoms with Crippen LogP contribution in [0.1, 0.15) is 40.2 Å². The molecule has 2 aliphatic heterocycles. The Kier molecular flexibility index (Phi) is 4.75. The van der Waals surface area contributed by atoms with Gasteiger partial charge in [0.2, 0.25) is 12.7 Å². The number of hydrogen-bond acceptors (Lipinski definition) is 5. The lowest BCUT2D eigenvalue weighted by atomic mass is 9.91. The lowest BCUT2D eigenvalue weighted by Crippen LogP contribution is -2.49. The monoisotopic (exact) mass is 375 g/mol. The molecule has 1 N–H and O–H groups in total. The first-order valence-corrected chi connectivity index (χ1v) is 9.00. The Bertz CT molecular complexity index is 784. The van der Waals surface area contributed by atoms with Crippen molar-refractivity contribution in [3.63, 3.8) is 0 Å². The number of ether oxygens (including phenoxy) is 2. The third kappa shape index (κ3) is 3.20. The Balaban J connectivity index is 1.83. The van der Waals surface area contributed by atoms with Gasteiger partial charge in [0.1, 0.15) is 12.1 Å². The zero-order chi connectivity index (χ0) is 19.9. The number of urea groups is 1. The van der Waals surface area contributed by atoms with Gasteiger partial charge in [-0.1, -0.05) is 6.07 Å². The SMILES string of the molecule is CC(C)N(C(=O)CN1C(=O)N[C@@](C)(c2ccc3c(c2)OCO3)C1=O)C(C)C. The maximum absolute atomic E-state index is 13.0. The average Bonchev–Trinajstić information content (AvgIpc) is 3.12. The number of imide groups is 1. The van der Waals surface area contributed by atoms with Crippen molar-refractivity contribution in [3.05, 3.63) is 23.8 Å². The zero-order valence-corrected chi connectivity index (χ0v) is 16.2. The molecular formula is C19H25N3O5. The summed E-state index contributed by atoms with van der Waals surface area (Å²) in [6.07, 6.45) is 0. The van der Waals surface area contributed by atoms with Crippen molar-refractivity contribution < 1.29 is 23.9 Å². The van der Waals surface area contributed by atoms with Gasteiger partial charge in [-0.3, -0.25) is 14.5 Å². The molecule has 0 radical (unpaired) electrons. The van der Waals surface area contributed by atoms with Crippen molar-refractivity contribution in [1.82, 2.24) is 15.1 Å². The fourth-order valence-electron chi connectivity index (χ4n) is 3.63. The lowest BCUT2D eigenvalue weighted by Gasteiger charge is -2.32. The highest BCUT2D eigenvalue weighted by Gasteiger charge is 2.50. The minimum absolute atomic E-state index is 0.0292. The van der Waals surface area contributed by atoms with Gasteiger partial charge < -0.3 is 19.7 Å². The fraction of sp³-hybridized carbons (Fsp3) is 0.526. The molecule has 0 spiro atoms. The number of carbonyl (C=O) groups excluding carboxylic acids is 3. The molecule has 27 heavy (non-hydrogen) atoms. The number of fused-ring (bicyclic) bond motifs is 1. The van der Waals surface area contributed by atoms with Gasteiger partial charge in [-0.25, -0.2) is 4.79 Å². The number of benzene rings is 1. The van der Waals surface area contributed by atoms with Crippen LogP contribution in [-0.2, 0) is 15.1 Å². The maximum atomic E-state index is 13.0. The van der Waals surface area contributed by atoms with Crippen molar-refractivity contribution in [2.45, 2.75) is 52.2 Å². The predicted molar refractivity (Wildman–Crippen MR) is 97.3 cm³/mol. The first-order valence-electron chi connectivity index (χ1n) is 9.00. The van der Waals surface area contributed by atoms with Crippen molar-refractivity contribution in [1.29, 1.82) is 0 Å². The second-order valence-electron chi connectivity index (χ2n) is 7.50. The second-order valence-corrected chi connectivity index (χ2v) is 7.50. The third-order valence-electron chi connectivity index (χ3n) is 4.92. The molecule has 8 nitrogen and oxygen atoms in total. The summed E-state index contributed by atoms with van der Waals surface area (Å²) in [7, 11) is 0. The summed E-state index contributed by atoms with van der Waals surface area (Å²) < 4.78 is 10.6. The van der Waals surface area contributed by atoms with Crippen molar-refractivity contribution in [2.75, 3.05) is 13.3 Å². The number of rotatable bonds is 5. The molecule has 3 rings (SSSR count). The van der Waals surface area contributed by atoms with E-state index >= 15 is 0 Å². The van der Waals surface area contributed by atoms with Crippen LogP contribution in [0.4, 0.5) is 4.79 Å². The molecule has 0 bridgehead atoms. The minimum Gasteiger partial charge on any atom is -0.454 e. The van der Waals surface area contributed by atoms with E-state index < -0.39 is 17.5 Å². The van der Waals surface area contributed by atoms with Gasteiger partial charge in [-0.15, -0.1) is 0 Å². The quantitative estimate of drug-likeness (QED) is 0.793. The lowest BCUT2D eigenvalue weighted by molar-refractivity contribution is -0.141. The summed E-state index contributed by atoms with van der Waals surface area (Å²) in [5.41, 5.74) is -0.691. The smallest absolute Gasteiger partial charge is 0.325 e. The summed E-state index contributed by atoms with van der Waals surface area (Å²) in [5.74, 6) is 0.386. The van der Waals surface area contributed by atoms with Crippen LogP contribution in [0, 0.1) is 0 Å². The van der Waals surface area contributed by atoms with Crippen molar-refractivity contribution in [2.24, 2.45) is 0 Å². The number of hydrogen-bond donors (Lipinski definition) is 1. The predicted octanol–water partition coefficient (Wildman–Crippen LogP) is 1.83. The Morgan fingerprint density at radius 3 is 2.44 bits per heavy atom. The van der Waals surface area contributed by atoms with Crippen LogP contribution in [-0.4, -0.2) is 53.1 Å². The Hall–Kier alpha value is -2.77. The second kappa shape index (κ2) is 6.75. The molecule has 1 aromatic carbocycles. The Labute approximate surface area is 158 Å². The molecule has 0 unspecified atom stereocenters. The van der Waals surface area contributed by atoms with E-state index in [1.54, 1.807) is 30.0 Å². The van der Waals surface area contributed by atoms with Crippen LogP contribution >= 0.6 is 0 Å². The van der Waals surface area contributed by atoms with E-state index in [9.17, 15) is 14.4 Å². The minimum atomic E-state index is -1.27. The van der Waals surface area contributed by atoms with Gasteiger partial charge in [0.15, 0.2) is 11.5 Å². The van der Waals surface area contributed by atoms with Crippen LogP contribution in [0.3, 0.4) is 0 Å². The largest absolute Gasteiger partial charge is 0.454 e. The number of amides is 4. The van der Waals surface area contributed by atoms with Crippen LogP contribution in [0.5, 0.6) is 11.5 Å². The molecule has 2 heterocycles. The highest BCUT2D eigenvalue weighted by molar-refractivity contribution is 6.09. The van der Waals surface area contributed by atoms with E-state index in [0.717, 1.165) is 4.90 Å². The number of nitrogens with zero attached hydrogens (tertiary/aromatic N) is 2. The topological polar surface area (TPSA) is 88.2 Å². The van der Waals surface area contributed by atoms with Gasteiger partial charge in [0, 0.05) is 12.1 Å². The van der Waals surface area contributed by atoms with E-state index in [2.05, 4.69) is 5.32 Å². The third-order valence-corrected chi connectivity index (χ3v) is 4.92. The zero-order valence-electron chi connectivity index (χ0n) is 16.2. The molecule has 146 valence electrons. The van der Waals surface area contributed by atoms with Crippen molar-refractivity contribution >= 4 is 17.8 Å². The van der Waals surface area contributed by atoms with Gasteiger partial charge in [0.05, 0.1) is 0 Å². The van der Waals surface area contributed by atoms with Crippen LogP contribution in [0.2, 0.25) is 0 Å². The van der Waals surface area contributed by atoms with Gasteiger partial charge in [0.25, 0.3) is 5.91 Å². The molecule has 1 aromatic rings. The maximum Gasteiger partial charge on any atom is 0.325 e. The Morgan fingerprint density at radius 1 is 1.19 bits per heavy atom. The highest BCUT2D eigenvalue weighted by atomic mass is 16.7. The first-order chi connectivity index (χ1) is 12.6. The normalized spacial score (nSPS) is 21.2. The number of carbonyl (C=O) groups is 3.